The average molecular weight is 129 g/mol. The molecule has 0 heterocycles. The number of thiol groups is 1. The fourth-order valence-corrected chi connectivity index (χ4v) is 0.427. The quantitative estimate of drug-likeness (QED) is 0.333. The second kappa shape index (κ2) is 6.63. The molecule has 1 N–H and O–H groups in total. The number of rotatable bonds is 4. The molecular weight excluding hydrogens is 118 g/mol. The van der Waals surface area contributed by atoms with Gasteiger partial charge < -0.3 is 5.32 Å². The van der Waals surface area contributed by atoms with Crippen molar-refractivity contribution in [2.24, 2.45) is 0 Å². The van der Waals surface area contributed by atoms with Crippen molar-refractivity contribution in [3.8, 4) is 0 Å². The van der Waals surface area contributed by atoms with Crippen molar-refractivity contribution in [3.05, 3.63) is 24.3 Å². The number of hydrogen-bond donors (Lipinski definition) is 2. The summed E-state index contributed by atoms with van der Waals surface area (Å²) >= 11 is 3.85. The predicted molar refractivity (Wildman–Crippen MR) is 40.9 cm³/mol. The van der Waals surface area contributed by atoms with Crippen LogP contribution in [0.4, 0.5) is 0 Å². The van der Waals surface area contributed by atoms with E-state index in [9.17, 15) is 0 Å². The molecule has 0 unspecified atom stereocenters. The van der Waals surface area contributed by atoms with Crippen LogP contribution in [0.2, 0.25) is 0 Å². The van der Waals surface area contributed by atoms with Gasteiger partial charge in [-0.2, -0.15) is 0 Å². The highest BCUT2D eigenvalue weighted by Crippen LogP contribution is 1.76. The molecule has 46 valence electrons. The molecule has 0 aromatic rings. The molecule has 0 saturated heterocycles. The van der Waals surface area contributed by atoms with Crippen molar-refractivity contribution >= 4 is 12.6 Å². The molecule has 0 rings (SSSR count). The van der Waals surface area contributed by atoms with E-state index < -0.39 is 0 Å². The Kier molecular flexibility index (Phi) is 6.32. The van der Waals surface area contributed by atoms with E-state index in [-0.39, 0.29) is 0 Å². The van der Waals surface area contributed by atoms with Gasteiger partial charge in [0.15, 0.2) is 0 Å². The summed E-state index contributed by atoms with van der Waals surface area (Å²) in [6.07, 6.45) is 4.67. The third-order valence-corrected chi connectivity index (χ3v) is 0.834. The zero-order valence-corrected chi connectivity index (χ0v) is 5.70. The minimum Gasteiger partial charge on any atom is -0.390 e. The van der Waals surface area contributed by atoms with Crippen molar-refractivity contribution in [3.63, 3.8) is 0 Å². The summed E-state index contributed by atoms with van der Waals surface area (Å²) in [5, 5.41) is 4.68. The molecular formula is C6H11NS. The minimum absolute atomic E-state index is 0.945. The lowest BCUT2D eigenvalue weighted by Gasteiger charge is -1.92. The second-order valence-corrected chi connectivity index (χ2v) is 1.65. The van der Waals surface area contributed by atoms with E-state index in [1.54, 1.807) is 11.6 Å². The van der Waals surface area contributed by atoms with Crippen LogP contribution in [0.15, 0.2) is 24.3 Å². The maximum absolute atomic E-state index is 3.85. The standard InChI is InChI=1S/C6H11NS/c1-2-3-4-7-5-6-8/h2,5-8H,1,3-4H2/b6-5-. The number of hydrogen-bond acceptors (Lipinski definition) is 2. The van der Waals surface area contributed by atoms with Gasteiger partial charge in [0, 0.05) is 12.7 Å². The van der Waals surface area contributed by atoms with E-state index in [4.69, 9.17) is 0 Å². The SMILES string of the molecule is C=CCCN/C=C\S. The van der Waals surface area contributed by atoms with E-state index in [2.05, 4.69) is 24.5 Å². The largest absolute Gasteiger partial charge is 0.390 e. The fourth-order valence-electron chi connectivity index (χ4n) is 0.321. The predicted octanol–water partition coefficient (Wildman–Crippen LogP) is 1.55. The molecule has 0 spiro atoms. The van der Waals surface area contributed by atoms with Gasteiger partial charge in [0.2, 0.25) is 0 Å². The molecule has 0 amide bonds. The topological polar surface area (TPSA) is 12.0 Å². The van der Waals surface area contributed by atoms with Crippen molar-refractivity contribution in [1.82, 2.24) is 5.32 Å². The van der Waals surface area contributed by atoms with Crippen LogP contribution in [0.1, 0.15) is 6.42 Å². The van der Waals surface area contributed by atoms with Gasteiger partial charge in [-0.3, -0.25) is 0 Å². The van der Waals surface area contributed by atoms with Crippen LogP contribution in [-0.4, -0.2) is 6.54 Å². The third kappa shape index (κ3) is 5.63. The molecule has 0 aliphatic heterocycles. The molecule has 1 nitrogen and oxygen atoms in total. The van der Waals surface area contributed by atoms with Crippen molar-refractivity contribution in [2.45, 2.75) is 6.42 Å². The Bertz CT molecular complexity index is 78.6. The Balaban J connectivity index is 2.82. The molecule has 0 fully saturated rings. The van der Waals surface area contributed by atoms with Crippen LogP contribution < -0.4 is 5.32 Å². The normalized spacial score (nSPS) is 9.62. The van der Waals surface area contributed by atoms with E-state index in [0.717, 1.165) is 13.0 Å². The first kappa shape index (κ1) is 7.63. The second-order valence-electron chi connectivity index (χ2n) is 1.35. The smallest absolute Gasteiger partial charge is 0.0176 e. The molecule has 0 saturated carbocycles. The van der Waals surface area contributed by atoms with E-state index in [1.807, 2.05) is 6.08 Å². The summed E-state index contributed by atoms with van der Waals surface area (Å²) in [5.41, 5.74) is 0. The average Bonchev–Trinajstić information content (AvgIpc) is 1.81. The Labute approximate surface area is 55.9 Å². The summed E-state index contributed by atoms with van der Waals surface area (Å²) in [6.45, 7) is 4.52. The van der Waals surface area contributed by atoms with Gasteiger partial charge in [0.05, 0.1) is 0 Å². The highest BCUT2D eigenvalue weighted by molar-refractivity contribution is 7.83. The molecule has 0 atom stereocenters. The Hall–Kier alpha value is -0.370. The maximum Gasteiger partial charge on any atom is 0.0176 e. The lowest BCUT2D eigenvalue weighted by Crippen LogP contribution is -2.04. The van der Waals surface area contributed by atoms with Gasteiger partial charge in [0.25, 0.3) is 0 Å². The van der Waals surface area contributed by atoms with Crippen LogP contribution in [0.25, 0.3) is 0 Å². The first-order chi connectivity index (χ1) is 3.91. The summed E-state index contributed by atoms with van der Waals surface area (Å²) < 4.78 is 0. The maximum atomic E-state index is 3.85. The molecule has 8 heavy (non-hydrogen) atoms. The van der Waals surface area contributed by atoms with Gasteiger partial charge in [-0.25, -0.2) is 0 Å². The van der Waals surface area contributed by atoms with E-state index in [0.29, 0.717) is 0 Å². The fraction of sp³-hybridized carbons (Fsp3) is 0.333. The third-order valence-electron chi connectivity index (χ3n) is 0.685. The summed E-state index contributed by atoms with van der Waals surface area (Å²) in [4.78, 5) is 0. The Morgan fingerprint density at radius 2 is 2.38 bits per heavy atom. The first-order valence-corrected chi connectivity index (χ1v) is 3.07. The highest BCUT2D eigenvalue weighted by atomic mass is 32.1. The molecule has 0 bridgehead atoms. The van der Waals surface area contributed by atoms with Gasteiger partial charge in [-0.15, -0.1) is 19.2 Å². The molecule has 0 aliphatic carbocycles. The van der Waals surface area contributed by atoms with Crippen molar-refractivity contribution in [1.29, 1.82) is 0 Å². The first-order valence-electron chi connectivity index (χ1n) is 2.55. The van der Waals surface area contributed by atoms with Gasteiger partial charge >= 0.3 is 0 Å². The van der Waals surface area contributed by atoms with Crippen LogP contribution in [0.5, 0.6) is 0 Å². The van der Waals surface area contributed by atoms with E-state index in [1.165, 1.54) is 0 Å². The van der Waals surface area contributed by atoms with Gasteiger partial charge in [-0.05, 0) is 11.8 Å². The lowest BCUT2D eigenvalue weighted by molar-refractivity contribution is 0.855. The van der Waals surface area contributed by atoms with Gasteiger partial charge in [0.1, 0.15) is 0 Å². The van der Waals surface area contributed by atoms with Crippen LogP contribution >= 0.6 is 12.6 Å². The van der Waals surface area contributed by atoms with E-state index >= 15 is 0 Å². The Morgan fingerprint density at radius 3 is 2.88 bits per heavy atom. The minimum atomic E-state index is 0.945. The summed E-state index contributed by atoms with van der Waals surface area (Å²) in [5.74, 6) is 0. The molecule has 0 aromatic carbocycles. The zero-order valence-electron chi connectivity index (χ0n) is 4.80. The van der Waals surface area contributed by atoms with Crippen LogP contribution in [0, 0.1) is 0 Å². The molecule has 0 aromatic heterocycles. The summed E-state index contributed by atoms with van der Waals surface area (Å²) in [7, 11) is 0. The summed E-state index contributed by atoms with van der Waals surface area (Å²) in [6, 6.07) is 0. The van der Waals surface area contributed by atoms with Gasteiger partial charge in [-0.1, -0.05) is 6.08 Å². The zero-order chi connectivity index (χ0) is 6.24. The lowest BCUT2D eigenvalue weighted by atomic mass is 10.4. The Morgan fingerprint density at radius 1 is 1.62 bits per heavy atom. The molecule has 0 radical (unpaired) electrons. The van der Waals surface area contributed by atoms with Crippen molar-refractivity contribution in [2.75, 3.05) is 6.54 Å². The van der Waals surface area contributed by atoms with Crippen LogP contribution in [-0.2, 0) is 0 Å². The van der Waals surface area contributed by atoms with Crippen LogP contribution in [0.3, 0.4) is 0 Å². The molecule has 0 aliphatic rings. The van der Waals surface area contributed by atoms with Crippen molar-refractivity contribution < 1.29 is 0 Å². The monoisotopic (exact) mass is 129 g/mol. The molecule has 2 heteroatoms. The highest BCUT2D eigenvalue weighted by Gasteiger charge is 1.71. The number of nitrogens with one attached hydrogen (secondary N) is 1.